The smallest absolute Gasteiger partial charge is 0.164 e. The number of H-pyrrole nitrogens is 1. The van der Waals surface area contributed by atoms with Crippen LogP contribution in [0, 0.1) is 11.6 Å². The van der Waals surface area contributed by atoms with Crippen molar-refractivity contribution in [3.05, 3.63) is 85.0 Å². The molecule has 2 aliphatic heterocycles. The lowest BCUT2D eigenvalue weighted by Crippen LogP contribution is -2.44. The van der Waals surface area contributed by atoms with Crippen LogP contribution in [0.4, 0.5) is 14.5 Å². The van der Waals surface area contributed by atoms with E-state index in [0.29, 0.717) is 23.1 Å². The number of pyridine rings is 1. The zero-order chi connectivity index (χ0) is 27.0. The number of rotatable bonds is 4. The largest absolute Gasteiger partial charge is 0.365 e. The third-order valence-electron chi connectivity index (χ3n) is 8.36. The van der Waals surface area contributed by atoms with Crippen LogP contribution in [0.25, 0.3) is 50.2 Å². The first-order valence-electron chi connectivity index (χ1n) is 13.2. The average molecular weight is 535 g/mol. The Balaban J connectivity index is 1.33. The molecule has 2 bridgehead atoms. The van der Waals surface area contributed by atoms with Gasteiger partial charge in [0.05, 0.1) is 28.5 Å². The van der Waals surface area contributed by atoms with E-state index in [2.05, 4.69) is 37.0 Å². The minimum atomic E-state index is -0.627. The molecule has 0 spiro atoms. The Bertz CT molecular complexity index is 1890. The molecule has 0 saturated carbocycles. The molecule has 4 aromatic heterocycles. The number of aromatic nitrogens is 6. The van der Waals surface area contributed by atoms with Crippen molar-refractivity contribution in [2.75, 3.05) is 25.0 Å². The lowest BCUT2D eigenvalue weighted by molar-refractivity contribution is 0.292. The van der Waals surface area contributed by atoms with Gasteiger partial charge in [0.2, 0.25) is 0 Å². The second-order valence-electron chi connectivity index (χ2n) is 10.6. The summed E-state index contributed by atoms with van der Waals surface area (Å²) in [4.78, 5) is 13.2. The highest BCUT2D eigenvalue weighted by Crippen LogP contribution is 2.41. The van der Waals surface area contributed by atoms with Crippen LogP contribution in [0.3, 0.4) is 0 Å². The Labute approximate surface area is 227 Å². The van der Waals surface area contributed by atoms with Gasteiger partial charge in [-0.15, -0.1) is 0 Å². The summed E-state index contributed by atoms with van der Waals surface area (Å²) in [6.45, 7) is 1.67. The molecule has 2 aliphatic rings. The van der Waals surface area contributed by atoms with Crippen LogP contribution < -0.4 is 4.90 Å². The second-order valence-corrected chi connectivity index (χ2v) is 10.6. The summed E-state index contributed by atoms with van der Waals surface area (Å²) in [5, 5.41) is 13.0. The number of nitrogens with zero attached hydrogens (tertiary/aromatic N) is 7. The van der Waals surface area contributed by atoms with Gasteiger partial charge in [0.1, 0.15) is 17.3 Å². The van der Waals surface area contributed by atoms with Crippen molar-refractivity contribution in [2.45, 2.75) is 18.5 Å². The van der Waals surface area contributed by atoms with Gasteiger partial charge in [0, 0.05) is 60.4 Å². The number of likely N-dealkylation sites (N-methyl/N-ethyl adjacent to an activating group) is 1. The molecule has 8 nitrogen and oxygen atoms in total. The first-order chi connectivity index (χ1) is 19.6. The van der Waals surface area contributed by atoms with E-state index in [1.165, 1.54) is 16.6 Å². The number of hydrogen-bond acceptors (Lipinski definition) is 6. The van der Waals surface area contributed by atoms with E-state index in [9.17, 15) is 0 Å². The van der Waals surface area contributed by atoms with Crippen molar-refractivity contribution in [1.29, 1.82) is 0 Å². The van der Waals surface area contributed by atoms with E-state index in [1.54, 1.807) is 30.9 Å². The van der Waals surface area contributed by atoms with Crippen LogP contribution >= 0.6 is 0 Å². The predicted molar refractivity (Wildman–Crippen MR) is 149 cm³/mol. The number of hydrogen-bond donors (Lipinski definition) is 1. The van der Waals surface area contributed by atoms with Crippen molar-refractivity contribution in [3.63, 3.8) is 0 Å². The minimum absolute atomic E-state index is 0.130. The molecule has 198 valence electrons. The third kappa shape index (κ3) is 3.39. The fraction of sp³-hybridized carbons (Fsp3) is 0.200. The van der Waals surface area contributed by atoms with E-state index >= 15 is 8.78 Å². The van der Waals surface area contributed by atoms with Crippen LogP contribution in [0.15, 0.2) is 73.3 Å². The summed E-state index contributed by atoms with van der Waals surface area (Å²) in [6.07, 6.45) is 7.73. The molecule has 0 amide bonds. The predicted octanol–water partition coefficient (Wildman–Crippen LogP) is 5.17. The third-order valence-corrected chi connectivity index (χ3v) is 8.36. The number of anilines is 1. The van der Waals surface area contributed by atoms with Crippen LogP contribution in [-0.4, -0.2) is 66.9 Å². The quantitative estimate of drug-likeness (QED) is 0.336. The maximum Gasteiger partial charge on any atom is 0.164 e. The van der Waals surface area contributed by atoms with Crippen LogP contribution in [-0.2, 0) is 0 Å². The van der Waals surface area contributed by atoms with Crippen molar-refractivity contribution in [3.8, 4) is 33.6 Å². The molecule has 0 radical (unpaired) electrons. The van der Waals surface area contributed by atoms with E-state index < -0.39 is 11.6 Å². The summed E-state index contributed by atoms with van der Waals surface area (Å²) < 4.78 is 33.3. The van der Waals surface area contributed by atoms with Crippen LogP contribution in [0.1, 0.15) is 6.42 Å². The van der Waals surface area contributed by atoms with E-state index in [0.717, 1.165) is 47.1 Å². The van der Waals surface area contributed by atoms with Gasteiger partial charge >= 0.3 is 0 Å². The zero-order valence-corrected chi connectivity index (χ0v) is 21.6. The molecule has 6 aromatic rings. The fourth-order valence-electron chi connectivity index (χ4n) is 6.43. The molecule has 1 N–H and O–H groups in total. The van der Waals surface area contributed by atoms with Crippen LogP contribution in [0.5, 0.6) is 0 Å². The molecule has 2 aromatic carbocycles. The maximum atomic E-state index is 15.9. The molecule has 0 aliphatic carbocycles. The van der Waals surface area contributed by atoms with Gasteiger partial charge in [0.25, 0.3) is 0 Å². The highest BCUT2D eigenvalue weighted by molar-refractivity contribution is 6.02. The Morgan fingerprint density at radius 3 is 2.50 bits per heavy atom. The van der Waals surface area contributed by atoms with Gasteiger partial charge < -0.3 is 4.90 Å². The van der Waals surface area contributed by atoms with Gasteiger partial charge in [-0.05, 0) is 55.4 Å². The first kappa shape index (κ1) is 23.2. The lowest BCUT2D eigenvalue weighted by Gasteiger charge is -2.33. The van der Waals surface area contributed by atoms with Crippen molar-refractivity contribution < 1.29 is 8.78 Å². The molecule has 2 saturated heterocycles. The summed E-state index contributed by atoms with van der Waals surface area (Å²) in [5.41, 5.74) is 5.14. The summed E-state index contributed by atoms with van der Waals surface area (Å²) in [7, 11) is 2.10. The maximum absolute atomic E-state index is 15.9. The number of nitrogens with one attached hydrogen (secondary N) is 1. The Morgan fingerprint density at radius 2 is 1.75 bits per heavy atom. The first-order valence-corrected chi connectivity index (χ1v) is 13.2. The van der Waals surface area contributed by atoms with Crippen molar-refractivity contribution in [1.82, 2.24) is 34.7 Å². The number of piperazine rings is 1. The van der Waals surface area contributed by atoms with Gasteiger partial charge in [-0.1, -0.05) is 12.1 Å². The van der Waals surface area contributed by atoms with Crippen LogP contribution in [0.2, 0.25) is 0 Å². The lowest BCUT2D eigenvalue weighted by atomic mass is 9.99. The number of fused-ring (bicyclic) bond motifs is 4. The molecule has 10 heteroatoms. The Hall–Kier alpha value is -4.70. The van der Waals surface area contributed by atoms with Crippen molar-refractivity contribution in [2.24, 2.45) is 0 Å². The number of halogens is 2. The van der Waals surface area contributed by atoms with E-state index in [4.69, 9.17) is 5.10 Å². The van der Waals surface area contributed by atoms with Gasteiger partial charge in [-0.3, -0.25) is 15.0 Å². The van der Waals surface area contributed by atoms with E-state index in [1.807, 2.05) is 30.3 Å². The molecule has 6 heterocycles. The van der Waals surface area contributed by atoms with E-state index in [-0.39, 0.29) is 17.3 Å². The molecular formula is C30H24F2N8. The highest BCUT2D eigenvalue weighted by Gasteiger charge is 2.41. The molecule has 40 heavy (non-hydrogen) atoms. The van der Waals surface area contributed by atoms with Gasteiger partial charge in [-0.25, -0.2) is 18.3 Å². The summed E-state index contributed by atoms with van der Waals surface area (Å²) in [6, 6.07) is 14.8. The number of benzene rings is 2. The Kier molecular flexibility index (Phi) is 5.02. The molecule has 2 atom stereocenters. The molecule has 0 unspecified atom stereocenters. The second kappa shape index (κ2) is 8.65. The van der Waals surface area contributed by atoms with Crippen molar-refractivity contribution >= 4 is 22.2 Å². The van der Waals surface area contributed by atoms with Gasteiger partial charge in [0.15, 0.2) is 5.65 Å². The highest BCUT2D eigenvalue weighted by atomic mass is 19.1. The normalized spacial score (nSPS) is 18.9. The number of likely N-dealkylation sites (tertiary alicyclic amines) is 1. The molecule has 2 fully saturated rings. The number of aromatic amines is 1. The molecule has 8 rings (SSSR count). The average Bonchev–Trinajstić information content (AvgIpc) is 3.75. The minimum Gasteiger partial charge on any atom is -0.365 e. The summed E-state index contributed by atoms with van der Waals surface area (Å²) >= 11 is 0. The fourth-order valence-corrected chi connectivity index (χ4v) is 6.43. The van der Waals surface area contributed by atoms with Gasteiger partial charge in [-0.2, -0.15) is 10.2 Å². The topological polar surface area (TPSA) is 78.2 Å². The SMILES string of the molecule is CN1C[C@H]2C[C@@H]1CN2c1cc(F)c(-c2ccnc3c(-c4cccc5[nH]ncc45)c(-c4ccncc4)nn23)c(F)c1. The Morgan fingerprint density at radius 1 is 0.925 bits per heavy atom. The monoisotopic (exact) mass is 534 g/mol. The molecular weight excluding hydrogens is 510 g/mol. The standard InChI is InChI=1S/C30H24F2N8/c1-38-15-20-11-19(38)16-39(20)18-12-23(31)28(24(32)13-18)26-7-10-34-30-27(21-3-2-4-25-22(21)14-35-36-25)29(37-40(26)30)17-5-8-33-9-6-17/h2-10,12-14,19-20H,11,15-16H2,1H3,(H,35,36)/t19-,20-/m1/s1. The zero-order valence-electron chi connectivity index (χ0n) is 21.6. The summed E-state index contributed by atoms with van der Waals surface area (Å²) in [5.74, 6) is -1.25.